The Balaban J connectivity index is 2.11. The van der Waals surface area contributed by atoms with Crippen LogP contribution in [0.5, 0.6) is 5.75 Å². The number of carbonyl (C=O) groups is 1. The number of carbonyl (C=O) groups excluding carboxylic acids is 1. The summed E-state index contributed by atoms with van der Waals surface area (Å²) in [6, 6.07) is 8.03. The topological polar surface area (TPSA) is 38.3 Å². The van der Waals surface area contributed by atoms with Crippen LogP contribution in [-0.4, -0.2) is 19.1 Å². The molecule has 0 bridgehead atoms. The molecular formula is C12H15NO2. The second-order valence-corrected chi connectivity index (χ2v) is 3.81. The van der Waals surface area contributed by atoms with Gasteiger partial charge in [-0.05, 0) is 18.1 Å². The predicted molar refractivity (Wildman–Crippen MR) is 58.0 cm³/mol. The molecule has 80 valence electrons. The molecule has 1 aliphatic heterocycles. The van der Waals surface area contributed by atoms with Gasteiger partial charge in [0.1, 0.15) is 5.75 Å². The van der Waals surface area contributed by atoms with Crippen LogP contribution in [-0.2, 0) is 4.79 Å². The van der Waals surface area contributed by atoms with Gasteiger partial charge in [0.25, 0.3) is 0 Å². The first kappa shape index (κ1) is 10.0. The van der Waals surface area contributed by atoms with Gasteiger partial charge in [-0.1, -0.05) is 18.2 Å². The Morgan fingerprint density at radius 2 is 2.33 bits per heavy atom. The van der Waals surface area contributed by atoms with Crippen molar-refractivity contribution < 1.29 is 9.53 Å². The van der Waals surface area contributed by atoms with E-state index < -0.39 is 0 Å². The first-order valence-electron chi connectivity index (χ1n) is 5.23. The van der Waals surface area contributed by atoms with Gasteiger partial charge in [-0.3, -0.25) is 4.79 Å². The van der Waals surface area contributed by atoms with E-state index in [0.717, 1.165) is 18.8 Å². The number of hydrogen-bond acceptors (Lipinski definition) is 2. The number of benzene rings is 1. The molecule has 0 saturated heterocycles. The molecule has 1 aromatic rings. The van der Waals surface area contributed by atoms with Gasteiger partial charge in [-0.2, -0.15) is 0 Å². The van der Waals surface area contributed by atoms with Gasteiger partial charge in [-0.15, -0.1) is 0 Å². The van der Waals surface area contributed by atoms with Crippen LogP contribution < -0.4 is 10.1 Å². The van der Waals surface area contributed by atoms with Crippen molar-refractivity contribution in [2.75, 3.05) is 13.2 Å². The molecule has 1 aromatic carbocycles. The lowest BCUT2D eigenvalue weighted by Gasteiger charge is -2.25. The Morgan fingerprint density at radius 3 is 3.13 bits per heavy atom. The molecule has 1 amide bonds. The highest BCUT2D eigenvalue weighted by Gasteiger charge is 2.20. The zero-order valence-corrected chi connectivity index (χ0v) is 8.82. The Bertz CT molecular complexity index is 362. The predicted octanol–water partition coefficient (Wildman–Crippen LogP) is 1.69. The summed E-state index contributed by atoms with van der Waals surface area (Å²) in [6.45, 7) is 2.99. The van der Waals surface area contributed by atoms with E-state index in [2.05, 4.69) is 11.4 Å². The van der Waals surface area contributed by atoms with Gasteiger partial charge in [-0.25, -0.2) is 0 Å². The summed E-state index contributed by atoms with van der Waals surface area (Å²) in [7, 11) is 0. The van der Waals surface area contributed by atoms with Crippen LogP contribution in [0.2, 0.25) is 0 Å². The van der Waals surface area contributed by atoms with Crippen LogP contribution in [0.15, 0.2) is 24.3 Å². The van der Waals surface area contributed by atoms with Crippen molar-refractivity contribution in [3.63, 3.8) is 0 Å². The van der Waals surface area contributed by atoms with E-state index in [1.807, 2.05) is 18.2 Å². The zero-order chi connectivity index (χ0) is 10.7. The molecule has 1 N–H and O–H groups in total. The van der Waals surface area contributed by atoms with E-state index in [9.17, 15) is 4.79 Å². The van der Waals surface area contributed by atoms with Gasteiger partial charge >= 0.3 is 0 Å². The normalized spacial score (nSPS) is 18.9. The maximum Gasteiger partial charge on any atom is 0.216 e. The Kier molecular flexibility index (Phi) is 2.90. The molecule has 3 nitrogen and oxygen atoms in total. The van der Waals surface area contributed by atoms with Crippen molar-refractivity contribution in [3.05, 3.63) is 29.8 Å². The number of amides is 1. The van der Waals surface area contributed by atoms with E-state index in [1.165, 1.54) is 5.56 Å². The lowest BCUT2D eigenvalue weighted by Crippen LogP contribution is -2.28. The van der Waals surface area contributed by atoms with Crippen LogP contribution in [0.4, 0.5) is 0 Å². The molecule has 0 fully saturated rings. The van der Waals surface area contributed by atoms with Crippen molar-refractivity contribution in [1.82, 2.24) is 5.32 Å². The molecule has 1 atom stereocenters. The minimum atomic E-state index is 0.0268. The Labute approximate surface area is 89.4 Å². The number of para-hydroxylation sites is 1. The molecule has 2 rings (SSSR count). The van der Waals surface area contributed by atoms with Gasteiger partial charge in [0, 0.05) is 19.4 Å². The molecule has 0 aliphatic carbocycles. The maximum absolute atomic E-state index is 10.9. The minimum absolute atomic E-state index is 0.0268. The average Bonchev–Trinajstić information content (AvgIpc) is 2.26. The first-order chi connectivity index (χ1) is 7.27. The molecule has 15 heavy (non-hydrogen) atoms. The second-order valence-electron chi connectivity index (χ2n) is 3.81. The highest BCUT2D eigenvalue weighted by molar-refractivity contribution is 5.72. The Morgan fingerprint density at radius 1 is 1.53 bits per heavy atom. The SMILES string of the molecule is CC(=O)NCC1CCOc2ccccc21. The van der Waals surface area contributed by atoms with Crippen LogP contribution in [0.3, 0.4) is 0 Å². The maximum atomic E-state index is 10.9. The van der Waals surface area contributed by atoms with E-state index >= 15 is 0 Å². The molecule has 1 heterocycles. The zero-order valence-electron chi connectivity index (χ0n) is 8.82. The molecule has 1 aliphatic rings. The highest BCUT2D eigenvalue weighted by Crippen LogP contribution is 2.32. The number of hydrogen-bond donors (Lipinski definition) is 1. The standard InChI is InChI=1S/C12H15NO2/c1-9(14)13-8-10-6-7-15-12-5-3-2-4-11(10)12/h2-5,10H,6-8H2,1H3,(H,13,14). The van der Waals surface area contributed by atoms with E-state index in [-0.39, 0.29) is 5.91 Å². The van der Waals surface area contributed by atoms with Gasteiger partial charge in [0.2, 0.25) is 5.91 Å². The molecular weight excluding hydrogens is 190 g/mol. The van der Waals surface area contributed by atoms with Crippen LogP contribution in [0.25, 0.3) is 0 Å². The molecule has 1 unspecified atom stereocenters. The molecule has 0 radical (unpaired) electrons. The van der Waals surface area contributed by atoms with E-state index in [1.54, 1.807) is 6.92 Å². The highest BCUT2D eigenvalue weighted by atomic mass is 16.5. The van der Waals surface area contributed by atoms with Gasteiger partial charge in [0.05, 0.1) is 6.61 Å². The fourth-order valence-corrected chi connectivity index (χ4v) is 1.89. The summed E-state index contributed by atoms with van der Waals surface area (Å²) in [5.74, 6) is 1.37. The number of fused-ring (bicyclic) bond motifs is 1. The minimum Gasteiger partial charge on any atom is -0.493 e. The quantitative estimate of drug-likeness (QED) is 0.797. The second kappa shape index (κ2) is 4.34. The first-order valence-corrected chi connectivity index (χ1v) is 5.23. The van der Waals surface area contributed by atoms with E-state index in [4.69, 9.17) is 4.74 Å². The lowest BCUT2D eigenvalue weighted by molar-refractivity contribution is -0.119. The molecule has 0 aromatic heterocycles. The lowest BCUT2D eigenvalue weighted by atomic mass is 9.93. The fraction of sp³-hybridized carbons (Fsp3) is 0.417. The van der Waals surface area contributed by atoms with Crippen LogP contribution in [0, 0.1) is 0 Å². The van der Waals surface area contributed by atoms with Crippen molar-refractivity contribution in [3.8, 4) is 5.75 Å². The average molecular weight is 205 g/mol. The van der Waals surface area contributed by atoms with Crippen molar-refractivity contribution >= 4 is 5.91 Å². The summed E-state index contributed by atoms with van der Waals surface area (Å²) in [6.07, 6.45) is 0.970. The largest absolute Gasteiger partial charge is 0.493 e. The third-order valence-corrected chi connectivity index (χ3v) is 2.68. The third-order valence-electron chi connectivity index (χ3n) is 2.68. The fourth-order valence-electron chi connectivity index (χ4n) is 1.89. The number of nitrogens with one attached hydrogen (secondary N) is 1. The van der Waals surface area contributed by atoms with Crippen LogP contribution in [0.1, 0.15) is 24.8 Å². The molecule has 0 saturated carbocycles. The summed E-state index contributed by atoms with van der Waals surface area (Å²) in [5, 5.41) is 2.86. The van der Waals surface area contributed by atoms with Gasteiger partial charge in [0.15, 0.2) is 0 Å². The van der Waals surface area contributed by atoms with E-state index in [0.29, 0.717) is 12.5 Å². The molecule has 3 heteroatoms. The van der Waals surface area contributed by atoms with Crippen molar-refractivity contribution in [2.24, 2.45) is 0 Å². The van der Waals surface area contributed by atoms with Crippen LogP contribution >= 0.6 is 0 Å². The summed E-state index contributed by atoms with van der Waals surface area (Å²) >= 11 is 0. The number of rotatable bonds is 2. The third kappa shape index (κ3) is 2.29. The van der Waals surface area contributed by atoms with Crippen molar-refractivity contribution in [1.29, 1.82) is 0 Å². The summed E-state index contributed by atoms with van der Waals surface area (Å²) in [5.41, 5.74) is 1.21. The number of ether oxygens (including phenoxy) is 1. The monoisotopic (exact) mass is 205 g/mol. The summed E-state index contributed by atoms with van der Waals surface area (Å²) < 4.78 is 5.55. The smallest absolute Gasteiger partial charge is 0.216 e. The summed E-state index contributed by atoms with van der Waals surface area (Å²) in [4.78, 5) is 10.9. The molecule has 0 spiro atoms. The Hall–Kier alpha value is -1.51. The van der Waals surface area contributed by atoms with Crippen molar-refractivity contribution in [2.45, 2.75) is 19.3 Å². The van der Waals surface area contributed by atoms with Gasteiger partial charge < -0.3 is 10.1 Å².